The number of hydrogen-bond acceptors (Lipinski definition) is 3. The Morgan fingerprint density at radius 2 is 2.05 bits per heavy atom. The van der Waals surface area contributed by atoms with Gasteiger partial charge in [-0.1, -0.05) is 12.2 Å². The Hall–Kier alpha value is -1.68. The maximum absolute atomic E-state index is 5.45. The van der Waals surface area contributed by atoms with Gasteiger partial charge in [0.15, 0.2) is 0 Å². The Morgan fingerprint density at radius 3 is 2.68 bits per heavy atom. The standard InChI is InChI=1S/C15H16N2OS/c1-2-18-12-7-5-10(6-8-12)13-9-14(19)17-15(16-13)11-3-4-11/h5-9,11H,2-4H2,1H3,(H,16,17,19). The van der Waals surface area contributed by atoms with E-state index in [0.717, 1.165) is 22.8 Å². The topological polar surface area (TPSA) is 37.9 Å². The zero-order valence-corrected chi connectivity index (χ0v) is 11.7. The van der Waals surface area contributed by atoms with Crippen molar-refractivity contribution in [1.29, 1.82) is 0 Å². The summed E-state index contributed by atoms with van der Waals surface area (Å²) < 4.78 is 6.11. The van der Waals surface area contributed by atoms with Crippen molar-refractivity contribution in [3.05, 3.63) is 40.8 Å². The first-order valence-corrected chi connectivity index (χ1v) is 7.01. The fourth-order valence-corrected chi connectivity index (χ4v) is 2.30. The van der Waals surface area contributed by atoms with Gasteiger partial charge in [0.05, 0.1) is 6.61 Å². The van der Waals surface area contributed by atoms with Gasteiger partial charge in [-0.25, -0.2) is 4.98 Å². The van der Waals surface area contributed by atoms with E-state index in [1.165, 1.54) is 12.8 Å². The van der Waals surface area contributed by atoms with E-state index in [-0.39, 0.29) is 0 Å². The van der Waals surface area contributed by atoms with Crippen LogP contribution in [-0.2, 0) is 0 Å². The van der Waals surface area contributed by atoms with Gasteiger partial charge in [-0.15, -0.1) is 0 Å². The summed E-state index contributed by atoms with van der Waals surface area (Å²) in [4.78, 5) is 7.80. The summed E-state index contributed by atoms with van der Waals surface area (Å²) in [7, 11) is 0. The van der Waals surface area contributed by atoms with E-state index in [9.17, 15) is 0 Å². The van der Waals surface area contributed by atoms with Gasteiger partial charge in [0, 0.05) is 11.6 Å². The molecule has 1 aliphatic carbocycles. The molecule has 1 heterocycles. The lowest BCUT2D eigenvalue weighted by Crippen LogP contribution is -1.95. The smallest absolute Gasteiger partial charge is 0.130 e. The molecule has 1 aliphatic rings. The van der Waals surface area contributed by atoms with Crippen LogP contribution in [0.25, 0.3) is 11.3 Å². The third-order valence-electron chi connectivity index (χ3n) is 3.20. The summed E-state index contributed by atoms with van der Waals surface area (Å²) >= 11 is 5.25. The van der Waals surface area contributed by atoms with Crippen LogP contribution in [0.5, 0.6) is 5.75 Å². The van der Waals surface area contributed by atoms with Crippen molar-refractivity contribution in [2.75, 3.05) is 6.61 Å². The fourth-order valence-electron chi connectivity index (χ4n) is 2.08. The monoisotopic (exact) mass is 272 g/mol. The molecule has 0 atom stereocenters. The van der Waals surface area contributed by atoms with E-state index in [1.54, 1.807) is 0 Å². The Bertz CT molecular complexity index is 629. The highest BCUT2D eigenvalue weighted by Gasteiger charge is 2.26. The number of nitrogens with zero attached hydrogens (tertiary/aromatic N) is 1. The van der Waals surface area contributed by atoms with Gasteiger partial charge in [-0.3, -0.25) is 0 Å². The maximum Gasteiger partial charge on any atom is 0.130 e. The van der Waals surface area contributed by atoms with E-state index in [1.807, 2.05) is 37.3 Å². The molecular formula is C15H16N2OS. The molecule has 0 spiro atoms. The number of aromatic amines is 1. The minimum Gasteiger partial charge on any atom is -0.494 e. The third-order valence-corrected chi connectivity index (χ3v) is 3.41. The fraction of sp³-hybridized carbons (Fsp3) is 0.333. The van der Waals surface area contributed by atoms with Crippen LogP contribution in [0.1, 0.15) is 31.5 Å². The molecule has 1 aromatic carbocycles. The van der Waals surface area contributed by atoms with Gasteiger partial charge in [-0.2, -0.15) is 0 Å². The Balaban J connectivity index is 1.94. The summed E-state index contributed by atoms with van der Waals surface area (Å²) in [5.41, 5.74) is 2.14. The van der Waals surface area contributed by atoms with Crippen molar-refractivity contribution in [2.24, 2.45) is 0 Å². The van der Waals surface area contributed by atoms with Gasteiger partial charge in [0.1, 0.15) is 16.2 Å². The predicted molar refractivity (Wildman–Crippen MR) is 78.0 cm³/mol. The highest BCUT2D eigenvalue weighted by atomic mass is 32.1. The summed E-state index contributed by atoms with van der Waals surface area (Å²) in [6.07, 6.45) is 2.43. The maximum atomic E-state index is 5.45. The summed E-state index contributed by atoms with van der Waals surface area (Å²) in [6.45, 7) is 2.67. The minimum atomic E-state index is 0.573. The normalized spacial score (nSPS) is 14.4. The average Bonchev–Trinajstić information content (AvgIpc) is 3.23. The van der Waals surface area contributed by atoms with Crippen molar-refractivity contribution >= 4 is 12.2 Å². The van der Waals surface area contributed by atoms with Crippen molar-refractivity contribution in [3.63, 3.8) is 0 Å². The molecule has 0 radical (unpaired) electrons. The lowest BCUT2D eigenvalue weighted by molar-refractivity contribution is 0.340. The van der Waals surface area contributed by atoms with Gasteiger partial charge in [-0.05, 0) is 55.7 Å². The Labute approximate surface area is 117 Å². The van der Waals surface area contributed by atoms with Crippen LogP contribution in [0, 0.1) is 4.64 Å². The molecule has 19 heavy (non-hydrogen) atoms. The minimum absolute atomic E-state index is 0.573. The quantitative estimate of drug-likeness (QED) is 0.852. The van der Waals surface area contributed by atoms with E-state index < -0.39 is 0 Å². The number of H-pyrrole nitrogens is 1. The first-order valence-electron chi connectivity index (χ1n) is 6.61. The molecule has 2 aromatic rings. The van der Waals surface area contributed by atoms with Crippen LogP contribution in [-0.4, -0.2) is 16.6 Å². The van der Waals surface area contributed by atoms with Gasteiger partial charge >= 0.3 is 0 Å². The van der Waals surface area contributed by atoms with Gasteiger partial charge < -0.3 is 9.72 Å². The second-order valence-electron chi connectivity index (χ2n) is 4.75. The number of rotatable bonds is 4. The molecule has 0 aliphatic heterocycles. The zero-order chi connectivity index (χ0) is 13.2. The van der Waals surface area contributed by atoms with Crippen molar-refractivity contribution in [1.82, 2.24) is 9.97 Å². The number of ether oxygens (including phenoxy) is 1. The molecule has 0 bridgehead atoms. The molecule has 3 nitrogen and oxygen atoms in total. The van der Waals surface area contributed by atoms with Gasteiger partial charge in [0.25, 0.3) is 0 Å². The zero-order valence-electron chi connectivity index (χ0n) is 10.8. The number of benzene rings is 1. The van der Waals surface area contributed by atoms with Crippen molar-refractivity contribution < 1.29 is 4.74 Å². The first kappa shape index (κ1) is 12.4. The van der Waals surface area contributed by atoms with Crippen LogP contribution < -0.4 is 4.74 Å². The highest BCUT2D eigenvalue weighted by molar-refractivity contribution is 7.71. The second-order valence-corrected chi connectivity index (χ2v) is 5.17. The molecule has 4 heteroatoms. The molecule has 1 saturated carbocycles. The number of hydrogen-bond donors (Lipinski definition) is 1. The highest BCUT2D eigenvalue weighted by Crippen LogP contribution is 2.38. The van der Waals surface area contributed by atoms with Crippen LogP contribution >= 0.6 is 12.2 Å². The third kappa shape index (κ3) is 2.84. The molecule has 0 amide bonds. The Morgan fingerprint density at radius 1 is 1.32 bits per heavy atom. The van der Waals surface area contributed by atoms with Crippen LogP contribution in [0.3, 0.4) is 0 Å². The van der Waals surface area contributed by atoms with E-state index >= 15 is 0 Å². The van der Waals surface area contributed by atoms with E-state index in [2.05, 4.69) is 9.97 Å². The lowest BCUT2D eigenvalue weighted by atomic mass is 10.1. The largest absolute Gasteiger partial charge is 0.494 e. The van der Waals surface area contributed by atoms with Crippen LogP contribution in [0.15, 0.2) is 30.3 Å². The van der Waals surface area contributed by atoms with Crippen molar-refractivity contribution in [2.45, 2.75) is 25.7 Å². The van der Waals surface area contributed by atoms with Crippen molar-refractivity contribution in [3.8, 4) is 17.0 Å². The molecule has 0 saturated heterocycles. The van der Waals surface area contributed by atoms with Gasteiger partial charge in [0.2, 0.25) is 0 Å². The van der Waals surface area contributed by atoms with Crippen LogP contribution in [0.2, 0.25) is 0 Å². The first-order chi connectivity index (χ1) is 9.26. The summed E-state index contributed by atoms with van der Waals surface area (Å²) in [6, 6.07) is 9.96. The lowest BCUT2D eigenvalue weighted by Gasteiger charge is -2.07. The molecular weight excluding hydrogens is 256 g/mol. The summed E-state index contributed by atoms with van der Waals surface area (Å²) in [5.74, 6) is 2.49. The predicted octanol–water partition coefficient (Wildman–Crippen LogP) is 4.08. The Kier molecular flexibility index (Phi) is 3.34. The SMILES string of the molecule is CCOc1ccc(-c2cc(=S)nc(C3CC3)[nH]2)cc1. The molecule has 1 N–H and O–H groups in total. The number of nitrogens with one attached hydrogen (secondary N) is 1. The molecule has 0 unspecified atom stereocenters. The van der Waals surface area contributed by atoms with E-state index in [4.69, 9.17) is 17.0 Å². The second kappa shape index (κ2) is 5.13. The molecule has 3 rings (SSSR count). The average molecular weight is 272 g/mol. The van der Waals surface area contributed by atoms with E-state index in [0.29, 0.717) is 17.2 Å². The molecule has 1 aromatic heterocycles. The molecule has 1 fully saturated rings. The number of aromatic nitrogens is 2. The van der Waals surface area contributed by atoms with Crippen LogP contribution in [0.4, 0.5) is 0 Å². The summed E-state index contributed by atoms with van der Waals surface area (Å²) in [5, 5.41) is 0. The molecule has 98 valence electrons.